The smallest absolute Gasteiger partial charge is 0.120 e. The van der Waals surface area contributed by atoms with Gasteiger partial charge in [-0.05, 0) is 36.2 Å². The number of methoxy groups -OCH3 is 1. The molecule has 0 amide bonds. The number of rotatable bonds is 3. The minimum absolute atomic E-state index is 0.186. The van der Waals surface area contributed by atoms with E-state index in [9.17, 15) is 0 Å². The Balaban J connectivity index is 2.43. The van der Waals surface area contributed by atoms with E-state index in [0.29, 0.717) is 0 Å². The fourth-order valence-electron chi connectivity index (χ4n) is 1.96. The van der Waals surface area contributed by atoms with Gasteiger partial charge in [0, 0.05) is 8.95 Å². The van der Waals surface area contributed by atoms with E-state index in [1.807, 2.05) is 24.3 Å². The Kier molecular flexibility index (Phi) is 4.66. The van der Waals surface area contributed by atoms with Gasteiger partial charge in [0.25, 0.3) is 0 Å². The highest BCUT2D eigenvalue weighted by Gasteiger charge is 2.15. The van der Waals surface area contributed by atoms with E-state index in [2.05, 4.69) is 50.9 Å². The molecule has 0 radical (unpaired) electrons. The number of hydrogen-bond acceptors (Lipinski definition) is 2. The van der Waals surface area contributed by atoms with Crippen LogP contribution in [0.25, 0.3) is 0 Å². The fourth-order valence-corrected chi connectivity index (χ4v) is 3.05. The van der Waals surface area contributed by atoms with E-state index in [4.69, 9.17) is 10.5 Å². The number of nitrogens with two attached hydrogens (primary N) is 1. The predicted octanol–water partition coefficient (Wildman–Crippen LogP) is 4.58. The highest BCUT2D eigenvalue weighted by Crippen LogP contribution is 2.33. The van der Waals surface area contributed by atoms with Crippen molar-refractivity contribution in [2.24, 2.45) is 5.73 Å². The molecule has 0 saturated carbocycles. The number of halogens is 2. The van der Waals surface area contributed by atoms with Crippen LogP contribution in [0.15, 0.2) is 45.3 Å². The summed E-state index contributed by atoms with van der Waals surface area (Å²) in [4.78, 5) is 0. The zero-order valence-electron chi connectivity index (χ0n) is 10.8. The summed E-state index contributed by atoms with van der Waals surface area (Å²) in [6, 6.07) is 11.8. The van der Waals surface area contributed by atoms with Gasteiger partial charge in [0.15, 0.2) is 0 Å². The maximum absolute atomic E-state index is 6.38. The first-order valence-corrected chi connectivity index (χ1v) is 7.46. The fraction of sp³-hybridized carbons (Fsp3) is 0.200. The topological polar surface area (TPSA) is 35.2 Å². The lowest BCUT2D eigenvalue weighted by molar-refractivity contribution is 0.414. The largest absolute Gasteiger partial charge is 0.497 e. The third-order valence-corrected chi connectivity index (χ3v) is 4.44. The second kappa shape index (κ2) is 6.07. The summed E-state index contributed by atoms with van der Waals surface area (Å²) in [5, 5.41) is 0. The van der Waals surface area contributed by atoms with E-state index in [-0.39, 0.29) is 6.04 Å². The molecule has 1 atom stereocenters. The average Bonchev–Trinajstić information content (AvgIpc) is 2.40. The molecular weight excluding hydrogens is 370 g/mol. The minimum Gasteiger partial charge on any atom is -0.497 e. The molecule has 0 aromatic heterocycles. The summed E-state index contributed by atoms with van der Waals surface area (Å²) in [6.45, 7) is 2.06. The summed E-state index contributed by atoms with van der Waals surface area (Å²) in [6.07, 6.45) is 0. The lowest BCUT2D eigenvalue weighted by atomic mass is 9.98. The van der Waals surface area contributed by atoms with Crippen LogP contribution in [0.4, 0.5) is 0 Å². The normalized spacial score (nSPS) is 12.3. The monoisotopic (exact) mass is 383 g/mol. The summed E-state index contributed by atoms with van der Waals surface area (Å²) in [7, 11) is 1.65. The van der Waals surface area contributed by atoms with Crippen LogP contribution in [0, 0.1) is 6.92 Å². The van der Waals surface area contributed by atoms with E-state index < -0.39 is 0 Å². The zero-order valence-corrected chi connectivity index (χ0v) is 14.0. The Morgan fingerprint density at radius 3 is 2.37 bits per heavy atom. The van der Waals surface area contributed by atoms with Crippen molar-refractivity contribution in [3.8, 4) is 5.75 Å². The van der Waals surface area contributed by atoms with Crippen LogP contribution in [-0.4, -0.2) is 7.11 Å². The molecule has 0 spiro atoms. The third-order valence-electron chi connectivity index (χ3n) is 3.03. The Morgan fingerprint density at radius 2 is 1.74 bits per heavy atom. The standard InChI is InChI=1S/C15H15Br2NO/c1-9-3-6-13(16)12(7-9)15(18)11-5-4-10(19-2)8-14(11)17/h3-8,15H,18H2,1-2H3. The Morgan fingerprint density at radius 1 is 1.00 bits per heavy atom. The number of hydrogen-bond donors (Lipinski definition) is 1. The first-order valence-electron chi connectivity index (χ1n) is 5.88. The molecule has 2 N–H and O–H groups in total. The molecule has 0 saturated heterocycles. The molecule has 0 aliphatic carbocycles. The summed E-state index contributed by atoms with van der Waals surface area (Å²) >= 11 is 7.11. The molecule has 0 aliphatic rings. The first-order chi connectivity index (χ1) is 9.02. The Labute approximate surface area is 130 Å². The molecule has 2 aromatic carbocycles. The van der Waals surface area contributed by atoms with Gasteiger partial charge in [-0.25, -0.2) is 0 Å². The Hall–Kier alpha value is -0.840. The second-order valence-corrected chi connectivity index (χ2v) is 6.10. The minimum atomic E-state index is -0.186. The van der Waals surface area contributed by atoms with Crippen molar-refractivity contribution in [3.63, 3.8) is 0 Å². The van der Waals surface area contributed by atoms with Gasteiger partial charge in [0.2, 0.25) is 0 Å². The maximum Gasteiger partial charge on any atom is 0.120 e. The number of benzene rings is 2. The van der Waals surface area contributed by atoms with Crippen molar-refractivity contribution < 1.29 is 4.74 Å². The van der Waals surface area contributed by atoms with Crippen LogP contribution in [0.5, 0.6) is 5.75 Å². The molecule has 2 rings (SSSR count). The van der Waals surface area contributed by atoms with Crippen molar-refractivity contribution in [2.75, 3.05) is 7.11 Å². The molecule has 1 unspecified atom stereocenters. The first kappa shape index (κ1) is 14.6. The van der Waals surface area contributed by atoms with Crippen LogP contribution in [0.2, 0.25) is 0 Å². The van der Waals surface area contributed by atoms with Gasteiger partial charge in [-0.15, -0.1) is 0 Å². The van der Waals surface area contributed by atoms with Crippen LogP contribution < -0.4 is 10.5 Å². The molecule has 0 aliphatic heterocycles. The molecule has 0 bridgehead atoms. The highest BCUT2D eigenvalue weighted by atomic mass is 79.9. The van der Waals surface area contributed by atoms with E-state index >= 15 is 0 Å². The van der Waals surface area contributed by atoms with E-state index in [1.54, 1.807) is 7.11 Å². The van der Waals surface area contributed by atoms with Gasteiger partial charge in [0.05, 0.1) is 13.2 Å². The van der Waals surface area contributed by atoms with Crippen molar-refractivity contribution in [1.29, 1.82) is 0 Å². The van der Waals surface area contributed by atoms with Gasteiger partial charge in [-0.2, -0.15) is 0 Å². The third kappa shape index (κ3) is 3.19. The van der Waals surface area contributed by atoms with Crippen molar-refractivity contribution in [3.05, 3.63) is 62.0 Å². The lowest BCUT2D eigenvalue weighted by Gasteiger charge is -2.17. The molecule has 19 heavy (non-hydrogen) atoms. The van der Waals surface area contributed by atoms with Gasteiger partial charge in [-0.3, -0.25) is 0 Å². The molecule has 0 heterocycles. The van der Waals surface area contributed by atoms with Gasteiger partial charge in [0.1, 0.15) is 5.75 Å². The molecule has 0 fully saturated rings. The second-order valence-electron chi connectivity index (χ2n) is 4.39. The van der Waals surface area contributed by atoms with Crippen LogP contribution in [0.1, 0.15) is 22.7 Å². The van der Waals surface area contributed by atoms with Gasteiger partial charge in [-0.1, -0.05) is 55.6 Å². The lowest BCUT2D eigenvalue weighted by Crippen LogP contribution is -2.13. The quantitative estimate of drug-likeness (QED) is 0.840. The maximum atomic E-state index is 6.38. The zero-order chi connectivity index (χ0) is 14.0. The van der Waals surface area contributed by atoms with E-state index in [0.717, 1.165) is 25.8 Å². The van der Waals surface area contributed by atoms with Crippen molar-refractivity contribution in [1.82, 2.24) is 0 Å². The van der Waals surface area contributed by atoms with Crippen LogP contribution >= 0.6 is 31.9 Å². The molecule has 2 aromatic rings. The SMILES string of the molecule is COc1ccc(C(N)c2cc(C)ccc2Br)c(Br)c1. The molecule has 2 nitrogen and oxygen atoms in total. The van der Waals surface area contributed by atoms with Crippen molar-refractivity contribution >= 4 is 31.9 Å². The summed E-state index contributed by atoms with van der Waals surface area (Å²) in [5.74, 6) is 0.811. The molecule has 100 valence electrons. The summed E-state index contributed by atoms with van der Waals surface area (Å²) < 4.78 is 7.17. The van der Waals surface area contributed by atoms with Crippen LogP contribution in [0.3, 0.4) is 0 Å². The van der Waals surface area contributed by atoms with E-state index in [1.165, 1.54) is 5.56 Å². The van der Waals surface area contributed by atoms with Gasteiger partial charge >= 0.3 is 0 Å². The predicted molar refractivity (Wildman–Crippen MR) is 85.6 cm³/mol. The van der Waals surface area contributed by atoms with Crippen LogP contribution in [-0.2, 0) is 0 Å². The number of ether oxygens (including phenoxy) is 1. The van der Waals surface area contributed by atoms with Gasteiger partial charge < -0.3 is 10.5 Å². The Bertz CT molecular complexity index is 599. The average molecular weight is 385 g/mol. The van der Waals surface area contributed by atoms with Crippen molar-refractivity contribution in [2.45, 2.75) is 13.0 Å². The molecular formula is C15H15Br2NO. The number of aryl methyl sites for hydroxylation is 1. The summed E-state index contributed by atoms with van der Waals surface area (Å²) in [5.41, 5.74) is 9.68. The molecule has 4 heteroatoms. The highest BCUT2D eigenvalue weighted by molar-refractivity contribution is 9.10.